The number of hydrogen-bond donors (Lipinski definition) is 1. The van der Waals surface area contributed by atoms with E-state index in [4.69, 9.17) is 0 Å². The molecule has 2 amide bonds. The summed E-state index contributed by atoms with van der Waals surface area (Å²) in [7, 11) is 0. The average molecular weight is 478 g/mol. The highest BCUT2D eigenvalue weighted by Gasteiger charge is 2.48. The molecule has 1 saturated carbocycles. The van der Waals surface area contributed by atoms with Crippen molar-refractivity contribution in [2.75, 3.05) is 0 Å². The average Bonchev–Trinajstić information content (AvgIpc) is 3.26. The number of fused-ring (bicyclic) bond motifs is 3. The summed E-state index contributed by atoms with van der Waals surface area (Å²) < 4.78 is 3.22. The van der Waals surface area contributed by atoms with Gasteiger partial charge in [0.05, 0.1) is 16.8 Å². The minimum atomic E-state index is -0.957. The molecule has 3 aromatic rings. The van der Waals surface area contributed by atoms with Gasteiger partial charge in [0.15, 0.2) is 0 Å². The predicted molar refractivity (Wildman–Crippen MR) is 138 cm³/mol. The molecule has 180 valence electrons. The van der Waals surface area contributed by atoms with Crippen LogP contribution in [0.4, 0.5) is 0 Å². The van der Waals surface area contributed by atoms with Gasteiger partial charge in [-0.05, 0) is 50.8 Å². The van der Waals surface area contributed by atoms with E-state index in [1.54, 1.807) is 11.3 Å². The minimum Gasteiger partial charge on any atom is -0.351 e. The van der Waals surface area contributed by atoms with Crippen molar-refractivity contribution in [3.63, 3.8) is 0 Å². The van der Waals surface area contributed by atoms with E-state index in [1.165, 1.54) is 23.3 Å². The Hall–Kier alpha value is -2.60. The second kappa shape index (κ2) is 9.21. The van der Waals surface area contributed by atoms with Gasteiger partial charge in [-0.15, -0.1) is 11.3 Å². The summed E-state index contributed by atoms with van der Waals surface area (Å²) in [6.45, 7) is 7.06. The van der Waals surface area contributed by atoms with Crippen LogP contribution in [0.15, 0.2) is 36.4 Å². The maximum Gasteiger partial charge on any atom is 0.271 e. The number of rotatable bonds is 5. The number of carbonyl (C=O) groups is 2. The van der Waals surface area contributed by atoms with Crippen molar-refractivity contribution in [1.29, 1.82) is 0 Å². The van der Waals surface area contributed by atoms with Crippen molar-refractivity contribution in [3.8, 4) is 0 Å². The first-order valence-electron chi connectivity index (χ1n) is 12.7. The van der Waals surface area contributed by atoms with Crippen molar-refractivity contribution in [3.05, 3.63) is 58.1 Å². The number of aromatic nitrogens is 1. The molecule has 1 fully saturated rings. The predicted octanol–water partition coefficient (Wildman–Crippen LogP) is 5.83. The lowest BCUT2D eigenvalue weighted by Gasteiger charge is -2.44. The second-order valence-corrected chi connectivity index (χ2v) is 11.4. The topological polar surface area (TPSA) is 54.3 Å². The lowest BCUT2D eigenvalue weighted by molar-refractivity contribution is -0.134. The minimum absolute atomic E-state index is 0.0293. The van der Waals surface area contributed by atoms with Crippen molar-refractivity contribution in [2.24, 2.45) is 0 Å². The third-order valence-corrected chi connectivity index (χ3v) is 8.87. The maximum absolute atomic E-state index is 13.9. The van der Waals surface area contributed by atoms with E-state index in [9.17, 15) is 9.59 Å². The summed E-state index contributed by atoms with van der Waals surface area (Å²) in [5.74, 6) is -0.0925. The van der Waals surface area contributed by atoms with Crippen molar-refractivity contribution >= 4 is 33.4 Å². The number of hydrogen-bond acceptors (Lipinski definition) is 3. The summed E-state index contributed by atoms with van der Waals surface area (Å²) in [6, 6.07) is 12.7. The Balaban J connectivity index is 1.52. The summed E-state index contributed by atoms with van der Waals surface area (Å²) >= 11 is 1.75. The van der Waals surface area contributed by atoms with Crippen LogP contribution in [-0.2, 0) is 24.3 Å². The van der Waals surface area contributed by atoms with E-state index in [0.717, 1.165) is 47.9 Å². The third kappa shape index (κ3) is 4.17. The highest BCUT2D eigenvalue weighted by Crippen LogP contribution is 2.37. The fourth-order valence-corrected chi connectivity index (χ4v) is 6.49. The fourth-order valence-electron chi connectivity index (χ4n) is 5.45. The molecule has 1 atom stereocenters. The van der Waals surface area contributed by atoms with Gasteiger partial charge in [0.25, 0.3) is 5.91 Å². The molecule has 5 rings (SSSR count). The van der Waals surface area contributed by atoms with Crippen LogP contribution in [0.1, 0.15) is 78.9 Å². The molecule has 5 nitrogen and oxygen atoms in total. The number of amides is 2. The zero-order valence-corrected chi connectivity index (χ0v) is 21.3. The van der Waals surface area contributed by atoms with Crippen LogP contribution in [0.2, 0.25) is 0 Å². The van der Waals surface area contributed by atoms with Gasteiger partial charge < -0.3 is 14.8 Å². The van der Waals surface area contributed by atoms with E-state index in [2.05, 4.69) is 54.1 Å². The normalized spacial score (nSPS) is 21.5. The molecule has 2 aromatic heterocycles. The molecule has 3 heterocycles. The lowest BCUT2D eigenvalue weighted by atomic mass is 9.93. The van der Waals surface area contributed by atoms with Gasteiger partial charge in [-0.25, -0.2) is 0 Å². The Kier molecular flexibility index (Phi) is 6.28. The summed E-state index contributed by atoms with van der Waals surface area (Å²) in [5, 5.41) is 3.36. The van der Waals surface area contributed by atoms with Crippen LogP contribution in [0.3, 0.4) is 0 Å². The highest BCUT2D eigenvalue weighted by atomic mass is 32.1. The molecule has 0 saturated heterocycles. The Bertz CT molecular complexity index is 1200. The molecule has 1 aromatic carbocycles. The molecule has 2 aliphatic rings. The summed E-state index contributed by atoms with van der Waals surface area (Å²) in [6.07, 6.45) is 7.82. The quantitative estimate of drug-likeness (QED) is 0.470. The maximum atomic E-state index is 13.9. The Morgan fingerprint density at radius 1 is 1.12 bits per heavy atom. The van der Waals surface area contributed by atoms with Crippen molar-refractivity contribution in [1.82, 2.24) is 14.8 Å². The van der Waals surface area contributed by atoms with Gasteiger partial charge in [-0.1, -0.05) is 62.4 Å². The number of carbonyl (C=O) groups excluding carboxylic acids is 2. The van der Waals surface area contributed by atoms with Crippen LogP contribution in [0.25, 0.3) is 10.2 Å². The molecule has 0 spiro atoms. The van der Waals surface area contributed by atoms with E-state index < -0.39 is 5.54 Å². The number of nitrogens with one attached hydrogen (secondary N) is 1. The molecule has 1 aliphatic carbocycles. The first-order chi connectivity index (χ1) is 16.4. The van der Waals surface area contributed by atoms with Crippen molar-refractivity contribution < 1.29 is 9.59 Å². The smallest absolute Gasteiger partial charge is 0.271 e. The summed E-state index contributed by atoms with van der Waals surface area (Å²) in [4.78, 5) is 30.9. The van der Waals surface area contributed by atoms with Crippen LogP contribution in [-0.4, -0.2) is 32.9 Å². The fraction of sp³-hybridized carbons (Fsp3) is 0.500. The zero-order valence-electron chi connectivity index (χ0n) is 20.5. The first-order valence-corrected chi connectivity index (χ1v) is 13.5. The highest BCUT2D eigenvalue weighted by molar-refractivity contribution is 7.19. The summed E-state index contributed by atoms with van der Waals surface area (Å²) in [5.41, 5.74) is 3.04. The van der Waals surface area contributed by atoms with Crippen LogP contribution < -0.4 is 5.32 Å². The Labute approximate surface area is 206 Å². The Morgan fingerprint density at radius 2 is 1.82 bits per heavy atom. The zero-order chi connectivity index (χ0) is 23.9. The van der Waals surface area contributed by atoms with Gasteiger partial charge in [0, 0.05) is 17.5 Å². The van der Waals surface area contributed by atoms with Crippen LogP contribution in [0, 0.1) is 6.92 Å². The first kappa shape index (κ1) is 23.2. The molecule has 6 heteroatoms. The van der Waals surface area contributed by atoms with Gasteiger partial charge >= 0.3 is 0 Å². The molecular weight excluding hydrogens is 442 g/mol. The van der Waals surface area contributed by atoms with Gasteiger partial charge in [0.2, 0.25) is 5.91 Å². The van der Waals surface area contributed by atoms with Crippen LogP contribution >= 0.6 is 11.3 Å². The molecule has 0 bridgehead atoms. The number of thiophene rings is 1. The molecular formula is C28H35N3O2S. The van der Waals surface area contributed by atoms with Gasteiger partial charge in [0.1, 0.15) is 11.2 Å². The second-order valence-electron chi connectivity index (χ2n) is 10.2. The molecule has 0 radical (unpaired) electrons. The van der Waals surface area contributed by atoms with Gasteiger partial charge in [-0.3, -0.25) is 9.59 Å². The van der Waals surface area contributed by atoms with E-state index in [0.29, 0.717) is 18.8 Å². The molecule has 1 N–H and O–H groups in total. The van der Waals surface area contributed by atoms with Gasteiger partial charge in [-0.2, -0.15) is 0 Å². The van der Waals surface area contributed by atoms with E-state index in [1.807, 2.05) is 17.9 Å². The standard InChI is InChI=1S/C28H35N3O2S/c1-4-22-15-23-25(34-22)16-24-26(32)31(17-20-13-11-19(2)12-14-20)28(3,18-30(23)24)27(33)29-21-9-7-5-6-8-10-21/h11-16,21H,4-10,17-18H2,1-3H3,(H,29,33). The van der Waals surface area contributed by atoms with E-state index >= 15 is 0 Å². The SMILES string of the molecule is CCc1cc2c(cc3n2CC(C)(C(=O)NC2CCCCCC2)N(Cc2ccc(C)cc2)C3=O)s1. The third-order valence-electron chi connectivity index (χ3n) is 7.66. The largest absolute Gasteiger partial charge is 0.351 e. The Morgan fingerprint density at radius 3 is 2.50 bits per heavy atom. The number of nitrogens with zero attached hydrogens (tertiary/aromatic N) is 2. The number of benzene rings is 1. The van der Waals surface area contributed by atoms with Crippen LogP contribution in [0.5, 0.6) is 0 Å². The monoisotopic (exact) mass is 477 g/mol. The number of aryl methyl sites for hydroxylation is 2. The van der Waals surface area contributed by atoms with E-state index in [-0.39, 0.29) is 17.9 Å². The van der Waals surface area contributed by atoms with Crippen molar-refractivity contribution in [2.45, 2.75) is 90.4 Å². The lowest BCUT2D eigenvalue weighted by Crippen LogP contribution is -2.64. The molecule has 1 unspecified atom stereocenters. The molecule has 1 aliphatic heterocycles. The molecule has 34 heavy (non-hydrogen) atoms.